The summed E-state index contributed by atoms with van der Waals surface area (Å²) in [5.41, 5.74) is 10.0. The topological polar surface area (TPSA) is 0 Å². The standard InChI is InChI=1S/C42H26S2/c1-3-7-27(8-4-1)29-11-15-31(16-12-29)33-19-23-39-37(25-33)35-21-22-36-38-26-34(20-24-40(38)44-42(36)41(35)43-39)32-17-13-30(14-18-32)28-9-5-2-6-10-28/h1-26H. The molecule has 0 saturated heterocycles. The first-order chi connectivity index (χ1) is 21.8. The molecule has 9 rings (SSSR count). The fraction of sp³-hybridized carbons (Fsp3) is 0. The molecule has 9 aromatic rings. The maximum absolute atomic E-state index is 2.38. The Kier molecular flexibility index (Phi) is 5.97. The van der Waals surface area contributed by atoms with Gasteiger partial charge in [0.25, 0.3) is 0 Å². The summed E-state index contributed by atoms with van der Waals surface area (Å²) in [6, 6.07) is 57.6. The van der Waals surface area contributed by atoms with E-state index in [9.17, 15) is 0 Å². The predicted octanol–water partition coefficient (Wildman–Crippen LogP) is 13.1. The van der Waals surface area contributed by atoms with Gasteiger partial charge in [0, 0.05) is 30.9 Å². The lowest BCUT2D eigenvalue weighted by Gasteiger charge is -2.06. The van der Waals surface area contributed by atoms with Gasteiger partial charge in [-0.3, -0.25) is 0 Å². The minimum Gasteiger partial charge on any atom is -0.134 e. The molecule has 206 valence electrons. The molecule has 2 aromatic heterocycles. The minimum atomic E-state index is 1.25. The zero-order valence-electron chi connectivity index (χ0n) is 23.8. The Morgan fingerprint density at radius 2 is 0.568 bits per heavy atom. The van der Waals surface area contributed by atoms with Crippen LogP contribution in [-0.2, 0) is 0 Å². The lowest BCUT2D eigenvalue weighted by molar-refractivity contribution is 1.60. The fourth-order valence-electron chi connectivity index (χ4n) is 6.40. The molecule has 0 spiro atoms. The van der Waals surface area contributed by atoms with E-state index in [1.54, 1.807) is 0 Å². The quantitative estimate of drug-likeness (QED) is 0.190. The van der Waals surface area contributed by atoms with E-state index in [0.29, 0.717) is 0 Å². The third-order valence-electron chi connectivity index (χ3n) is 8.73. The van der Waals surface area contributed by atoms with Gasteiger partial charge in [0.05, 0.1) is 9.40 Å². The van der Waals surface area contributed by atoms with Crippen LogP contribution in [0.15, 0.2) is 158 Å². The molecule has 0 amide bonds. The van der Waals surface area contributed by atoms with Gasteiger partial charge in [-0.05, 0) is 68.8 Å². The Morgan fingerprint density at radius 3 is 0.955 bits per heavy atom. The summed E-state index contributed by atoms with van der Waals surface area (Å²) < 4.78 is 5.47. The van der Waals surface area contributed by atoms with Crippen molar-refractivity contribution >= 4 is 63.0 Å². The number of hydrogen-bond donors (Lipinski definition) is 0. The smallest absolute Gasteiger partial charge is 0.0534 e. The SMILES string of the molecule is c1ccc(-c2ccc(-c3ccc4sc5c(ccc6c7cc(-c8ccc(-c9ccccc9)cc8)ccc7sc65)c4c3)cc2)cc1. The molecule has 44 heavy (non-hydrogen) atoms. The van der Waals surface area contributed by atoms with Crippen LogP contribution in [0.3, 0.4) is 0 Å². The van der Waals surface area contributed by atoms with Crippen LogP contribution in [0.2, 0.25) is 0 Å². The molecule has 0 atom stereocenters. The normalized spacial score (nSPS) is 11.6. The Hall–Kier alpha value is -5.02. The minimum absolute atomic E-state index is 1.25. The maximum Gasteiger partial charge on any atom is 0.0534 e. The molecule has 0 nitrogen and oxygen atoms in total. The van der Waals surface area contributed by atoms with E-state index in [2.05, 4.69) is 158 Å². The van der Waals surface area contributed by atoms with E-state index < -0.39 is 0 Å². The molecule has 2 heteroatoms. The van der Waals surface area contributed by atoms with Crippen LogP contribution < -0.4 is 0 Å². The summed E-state index contributed by atoms with van der Waals surface area (Å²) in [5.74, 6) is 0. The lowest BCUT2D eigenvalue weighted by Crippen LogP contribution is -1.80. The van der Waals surface area contributed by atoms with Crippen LogP contribution in [-0.4, -0.2) is 0 Å². The Balaban J connectivity index is 1.10. The van der Waals surface area contributed by atoms with Gasteiger partial charge in [0.1, 0.15) is 0 Å². The van der Waals surface area contributed by atoms with Gasteiger partial charge in [-0.2, -0.15) is 0 Å². The summed E-state index contributed by atoms with van der Waals surface area (Å²) in [6.45, 7) is 0. The van der Waals surface area contributed by atoms with Gasteiger partial charge in [-0.25, -0.2) is 0 Å². The summed E-state index contributed by atoms with van der Waals surface area (Å²) in [5, 5.41) is 5.38. The zero-order chi connectivity index (χ0) is 29.0. The molecular formula is C42H26S2. The molecule has 2 heterocycles. The molecular weight excluding hydrogens is 569 g/mol. The van der Waals surface area contributed by atoms with Crippen LogP contribution in [0, 0.1) is 0 Å². The first-order valence-corrected chi connectivity index (χ1v) is 16.6. The number of benzene rings is 7. The molecule has 0 aliphatic heterocycles. The summed E-state index contributed by atoms with van der Waals surface area (Å²) in [6.07, 6.45) is 0. The van der Waals surface area contributed by atoms with E-state index in [1.807, 2.05) is 22.7 Å². The van der Waals surface area contributed by atoms with Gasteiger partial charge in [-0.1, -0.05) is 133 Å². The molecule has 7 aromatic carbocycles. The molecule has 0 fully saturated rings. The van der Waals surface area contributed by atoms with E-state index in [1.165, 1.54) is 84.9 Å². The third-order valence-corrected chi connectivity index (χ3v) is 11.3. The largest absolute Gasteiger partial charge is 0.134 e. The first-order valence-electron chi connectivity index (χ1n) is 14.9. The number of fused-ring (bicyclic) bond motifs is 7. The maximum atomic E-state index is 2.38. The average molecular weight is 595 g/mol. The molecule has 0 saturated carbocycles. The van der Waals surface area contributed by atoms with Crippen LogP contribution in [0.25, 0.3) is 84.9 Å². The van der Waals surface area contributed by atoms with Gasteiger partial charge in [0.2, 0.25) is 0 Å². The van der Waals surface area contributed by atoms with E-state index >= 15 is 0 Å². The molecule has 0 unspecified atom stereocenters. The first kappa shape index (κ1) is 25.5. The number of hydrogen-bond acceptors (Lipinski definition) is 2. The van der Waals surface area contributed by atoms with Gasteiger partial charge < -0.3 is 0 Å². The summed E-state index contributed by atoms with van der Waals surface area (Å²) in [4.78, 5) is 0. The zero-order valence-corrected chi connectivity index (χ0v) is 25.5. The molecule has 0 N–H and O–H groups in total. The van der Waals surface area contributed by atoms with Crippen molar-refractivity contribution in [3.8, 4) is 44.5 Å². The lowest BCUT2D eigenvalue weighted by atomic mass is 9.98. The highest BCUT2D eigenvalue weighted by molar-refractivity contribution is 7.33. The third kappa shape index (κ3) is 4.26. The second kappa shape index (κ2) is 10.3. The van der Waals surface area contributed by atoms with Gasteiger partial charge in [-0.15, -0.1) is 22.7 Å². The van der Waals surface area contributed by atoms with Crippen molar-refractivity contribution in [2.45, 2.75) is 0 Å². The summed E-state index contributed by atoms with van der Waals surface area (Å²) in [7, 11) is 0. The Morgan fingerprint density at radius 1 is 0.250 bits per heavy atom. The van der Waals surface area contributed by atoms with Crippen molar-refractivity contribution in [2.24, 2.45) is 0 Å². The highest BCUT2D eigenvalue weighted by Gasteiger charge is 2.14. The van der Waals surface area contributed by atoms with Crippen molar-refractivity contribution in [3.05, 3.63) is 158 Å². The second-order valence-electron chi connectivity index (χ2n) is 11.3. The van der Waals surface area contributed by atoms with Gasteiger partial charge in [0.15, 0.2) is 0 Å². The van der Waals surface area contributed by atoms with Crippen LogP contribution >= 0.6 is 22.7 Å². The molecule has 0 radical (unpaired) electrons. The molecule has 0 bridgehead atoms. The van der Waals surface area contributed by atoms with E-state index in [0.717, 1.165) is 0 Å². The monoisotopic (exact) mass is 594 g/mol. The molecule has 0 aliphatic rings. The van der Waals surface area contributed by atoms with Crippen molar-refractivity contribution in [3.63, 3.8) is 0 Å². The van der Waals surface area contributed by atoms with Crippen molar-refractivity contribution in [2.75, 3.05) is 0 Å². The number of rotatable bonds is 4. The second-order valence-corrected chi connectivity index (χ2v) is 13.4. The fourth-order valence-corrected chi connectivity index (χ4v) is 8.90. The van der Waals surface area contributed by atoms with Crippen LogP contribution in [0.1, 0.15) is 0 Å². The van der Waals surface area contributed by atoms with Gasteiger partial charge >= 0.3 is 0 Å². The molecule has 0 aliphatic carbocycles. The number of thiophene rings is 2. The average Bonchev–Trinajstić information content (AvgIpc) is 3.67. The van der Waals surface area contributed by atoms with E-state index in [-0.39, 0.29) is 0 Å². The van der Waals surface area contributed by atoms with Crippen molar-refractivity contribution < 1.29 is 0 Å². The van der Waals surface area contributed by atoms with Crippen LogP contribution in [0.4, 0.5) is 0 Å². The Bertz CT molecular complexity index is 2270. The highest BCUT2D eigenvalue weighted by Crippen LogP contribution is 2.45. The highest BCUT2D eigenvalue weighted by atomic mass is 32.1. The van der Waals surface area contributed by atoms with Crippen molar-refractivity contribution in [1.29, 1.82) is 0 Å². The predicted molar refractivity (Wildman–Crippen MR) is 194 cm³/mol. The Labute approximate surface area is 264 Å². The summed E-state index contributed by atoms with van der Waals surface area (Å²) >= 11 is 3.84. The van der Waals surface area contributed by atoms with E-state index in [4.69, 9.17) is 0 Å². The van der Waals surface area contributed by atoms with Crippen molar-refractivity contribution in [1.82, 2.24) is 0 Å². The van der Waals surface area contributed by atoms with Crippen LogP contribution in [0.5, 0.6) is 0 Å².